The van der Waals surface area contributed by atoms with E-state index in [0.29, 0.717) is 6.42 Å². The first-order valence-corrected chi connectivity index (χ1v) is 25.4. The first-order chi connectivity index (χ1) is 32.3. The van der Waals surface area contributed by atoms with Gasteiger partial charge < -0.3 is 40.3 Å². The first kappa shape index (κ1) is 60.3. The fourth-order valence-corrected chi connectivity index (χ4v) is 6.93. The number of amides is 1. The molecule has 1 aliphatic heterocycles. The molecule has 1 heterocycles. The van der Waals surface area contributed by atoms with Crippen LogP contribution in [-0.2, 0) is 14.3 Å². The van der Waals surface area contributed by atoms with Crippen molar-refractivity contribution in [1.82, 2.24) is 5.32 Å². The van der Waals surface area contributed by atoms with Crippen LogP contribution in [0.1, 0.15) is 162 Å². The number of unbranched alkanes of at least 4 members (excludes halogenated alkanes) is 10. The Labute approximate surface area is 400 Å². The molecule has 7 unspecified atom stereocenters. The lowest BCUT2D eigenvalue weighted by atomic mass is 9.99. The first-order valence-electron chi connectivity index (χ1n) is 25.4. The van der Waals surface area contributed by atoms with Crippen LogP contribution in [0.15, 0.2) is 134 Å². The van der Waals surface area contributed by atoms with Crippen molar-refractivity contribution < 1.29 is 39.8 Å². The van der Waals surface area contributed by atoms with E-state index in [9.17, 15) is 30.3 Å². The van der Waals surface area contributed by atoms with Gasteiger partial charge in [-0.25, -0.2) is 0 Å². The zero-order chi connectivity index (χ0) is 48.0. The van der Waals surface area contributed by atoms with Gasteiger partial charge in [0.05, 0.1) is 25.4 Å². The van der Waals surface area contributed by atoms with Crippen molar-refractivity contribution in [1.29, 1.82) is 0 Å². The molecule has 0 aromatic rings. The monoisotopic (exact) mass is 918 g/mol. The average molecular weight is 918 g/mol. The van der Waals surface area contributed by atoms with Gasteiger partial charge in [-0.05, 0) is 89.9 Å². The summed E-state index contributed by atoms with van der Waals surface area (Å²) in [5.74, 6) is -0.203. The summed E-state index contributed by atoms with van der Waals surface area (Å²) < 4.78 is 11.1. The number of ether oxygens (including phenoxy) is 2. The van der Waals surface area contributed by atoms with E-state index in [4.69, 9.17) is 9.47 Å². The van der Waals surface area contributed by atoms with Crippen LogP contribution < -0.4 is 5.32 Å². The highest BCUT2D eigenvalue weighted by atomic mass is 16.7. The summed E-state index contributed by atoms with van der Waals surface area (Å²) in [6.07, 6.45) is 63.0. The molecule has 1 aliphatic rings. The normalized spacial score (nSPS) is 21.0. The summed E-state index contributed by atoms with van der Waals surface area (Å²) in [5.41, 5.74) is 0. The van der Waals surface area contributed by atoms with Gasteiger partial charge in [0.15, 0.2) is 6.29 Å². The maximum Gasteiger partial charge on any atom is 0.220 e. The summed E-state index contributed by atoms with van der Waals surface area (Å²) >= 11 is 0. The number of allylic oxidation sites excluding steroid dienone is 21. The summed E-state index contributed by atoms with van der Waals surface area (Å²) in [6.45, 7) is 3.47. The topological polar surface area (TPSA) is 149 Å². The number of rotatable bonds is 40. The molecule has 1 rings (SSSR count). The Kier molecular flexibility index (Phi) is 41.3. The van der Waals surface area contributed by atoms with Gasteiger partial charge in [-0.2, -0.15) is 0 Å². The molecule has 0 spiro atoms. The lowest BCUT2D eigenvalue weighted by Crippen LogP contribution is -2.60. The fourth-order valence-electron chi connectivity index (χ4n) is 6.93. The van der Waals surface area contributed by atoms with E-state index in [1.54, 1.807) is 6.08 Å². The summed E-state index contributed by atoms with van der Waals surface area (Å²) in [7, 11) is 0. The summed E-state index contributed by atoms with van der Waals surface area (Å²) in [6, 6.07) is -0.814. The quantitative estimate of drug-likeness (QED) is 0.0263. The van der Waals surface area contributed by atoms with E-state index in [0.717, 1.165) is 116 Å². The number of aliphatic hydroxyl groups is 5. The van der Waals surface area contributed by atoms with Crippen LogP contribution >= 0.6 is 0 Å². The van der Waals surface area contributed by atoms with Crippen molar-refractivity contribution in [2.75, 3.05) is 13.2 Å². The molecule has 0 aromatic heterocycles. The largest absolute Gasteiger partial charge is 0.394 e. The predicted octanol–water partition coefficient (Wildman–Crippen LogP) is 11.8. The molecule has 9 heteroatoms. The van der Waals surface area contributed by atoms with Crippen molar-refractivity contribution in [2.45, 2.75) is 204 Å². The minimum atomic E-state index is -1.57. The van der Waals surface area contributed by atoms with Crippen LogP contribution in [0.25, 0.3) is 0 Å². The molecule has 0 aliphatic carbocycles. The van der Waals surface area contributed by atoms with Crippen molar-refractivity contribution in [2.24, 2.45) is 0 Å². The molecule has 1 fully saturated rings. The molecule has 372 valence electrons. The third-order valence-electron chi connectivity index (χ3n) is 11.0. The Morgan fingerprint density at radius 1 is 0.530 bits per heavy atom. The van der Waals surface area contributed by atoms with Gasteiger partial charge in [0.1, 0.15) is 24.4 Å². The Balaban J connectivity index is 2.07. The van der Waals surface area contributed by atoms with Crippen LogP contribution in [0.5, 0.6) is 0 Å². The third kappa shape index (κ3) is 34.6. The molecule has 9 nitrogen and oxygen atoms in total. The van der Waals surface area contributed by atoms with Crippen molar-refractivity contribution in [3.05, 3.63) is 134 Å². The van der Waals surface area contributed by atoms with Crippen LogP contribution in [-0.4, -0.2) is 87.5 Å². The number of carbonyl (C=O) groups is 1. The standard InChI is InChI=1S/C57H91NO8/c1-3-5-7-9-10-11-12-13-14-15-16-17-18-19-20-21-22-23-24-25-26-27-28-29-30-31-32-33-34-35-36-37-38-39-40-41-42-43-45-47-53(61)58-50(51(60)46-44-8-6-4-2)49-65-57-56(64)55(63)54(62)52(48-59)66-57/h5,7,10-11,13-14,16-17,19-20,22-23,25-26,28-29,31-32,34-35,44,46,50-52,54-57,59-60,62-64H,3-4,6,8-9,12,15,18,21,24,27,30,33,36-43,45,47-49H2,1-2H3,(H,58,61)/b7-5-,11-10-,14-13-,17-16-,20-19-,23-22-,26-25-,29-28-,32-31-,35-34-,46-44+. The van der Waals surface area contributed by atoms with Crippen LogP contribution in [0.4, 0.5) is 0 Å². The number of aliphatic hydroxyl groups excluding tert-OH is 5. The second kappa shape index (κ2) is 45.1. The zero-order valence-corrected chi connectivity index (χ0v) is 40.9. The van der Waals surface area contributed by atoms with Gasteiger partial charge >= 0.3 is 0 Å². The number of hydrogen-bond donors (Lipinski definition) is 6. The summed E-state index contributed by atoms with van der Waals surface area (Å²) in [4.78, 5) is 12.8. The van der Waals surface area contributed by atoms with Gasteiger partial charge in [-0.15, -0.1) is 0 Å². The molecule has 7 atom stereocenters. The lowest BCUT2D eigenvalue weighted by molar-refractivity contribution is -0.302. The van der Waals surface area contributed by atoms with E-state index in [1.165, 1.54) is 25.7 Å². The number of nitrogens with one attached hydrogen (secondary N) is 1. The average Bonchev–Trinajstić information content (AvgIpc) is 3.32. The van der Waals surface area contributed by atoms with Crippen LogP contribution in [0, 0.1) is 0 Å². The Bertz CT molecular complexity index is 1480. The van der Waals surface area contributed by atoms with E-state index in [2.05, 4.69) is 141 Å². The molecular weight excluding hydrogens is 827 g/mol. The van der Waals surface area contributed by atoms with E-state index < -0.39 is 49.5 Å². The van der Waals surface area contributed by atoms with Gasteiger partial charge in [0.25, 0.3) is 0 Å². The maximum absolute atomic E-state index is 12.8. The van der Waals surface area contributed by atoms with E-state index in [1.807, 2.05) is 6.08 Å². The highest BCUT2D eigenvalue weighted by Gasteiger charge is 2.44. The van der Waals surface area contributed by atoms with Crippen LogP contribution in [0.3, 0.4) is 0 Å². The SMILES string of the molecule is CC/C=C\C/C=C\C/C=C\C/C=C\C/C=C\C/C=C\C/C=C\C/C=C\C/C=C\C/C=C\CCCCCCCCCCC(=O)NC(COC1OC(CO)C(O)C(O)C1O)C(O)/C=C/CCCC. The van der Waals surface area contributed by atoms with E-state index >= 15 is 0 Å². The number of carbonyl (C=O) groups excluding carboxylic acids is 1. The molecule has 1 saturated heterocycles. The summed E-state index contributed by atoms with van der Waals surface area (Å²) in [5, 5.41) is 53.6. The Morgan fingerprint density at radius 3 is 1.38 bits per heavy atom. The van der Waals surface area contributed by atoms with Crippen molar-refractivity contribution in [3.8, 4) is 0 Å². The highest BCUT2D eigenvalue weighted by molar-refractivity contribution is 5.76. The second-order valence-corrected chi connectivity index (χ2v) is 16.9. The second-order valence-electron chi connectivity index (χ2n) is 16.9. The molecule has 66 heavy (non-hydrogen) atoms. The molecule has 6 N–H and O–H groups in total. The van der Waals surface area contributed by atoms with Gasteiger partial charge in [-0.1, -0.05) is 199 Å². The molecule has 0 saturated carbocycles. The molecule has 0 bridgehead atoms. The van der Waals surface area contributed by atoms with Crippen molar-refractivity contribution in [3.63, 3.8) is 0 Å². The van der Waals surface area contributed by atoms with Gasteiger partial charge in [0.2, 0.25) is 5.91 Å². The third-order valence-corrected chi connectivity index (χ3v) is 11.0. The minimum absolute atomic E-state index is 0.203. The Morgan fingerprint density at radius 2 is 0.939 bits per heavy atom. The molecule has 0 radical (unpaired) electrons. The predicted molar refractivity (Wildman–Crippen MR) is 276 cm³/mol. The smallest absolute Gasteiger partial charge is 0.220 e. The minimum Gasteiger partial charge on any atom is -0.394 e. The molecule has 0 aromatic carbocycles. The maximum atomic E-state index is 12.8. The van der Waals surface area contributed by atoms with Crippen LogP contribution in [0.2, 0.25) is 0 Å². The van der Waals surface area contributed by atoms with Gasteiger partial charge in [-0.3, -0.25) is 4.79 Å². The molecular formula is C57H91NO8. The molecule has 1 amide bonds. The fraction of sp³-hybridized carbons (Fsp3) is 0.596. The lowest BCUT2D eigenvalue weighted by Gasteiger charge is -2.40. The van der Waals surface area contributed by atoms with Gasteiger partial charge in [0, 0.05) is 6.42 Å². The zero-order valence-electron chi connectivity index (χ0n) is 40.9. The van der Waals surface area contributed by atoms with E-state index in [-0.39, 0.29) is 12.5 Å². The highest BCUT2D eigenvalue weighted by Crippen LogP contribution is 2.22. The number of hydrogen-bond acceptors (Lipinski definition) is 8. The van der Waals surface area contributed by atoms with Crippen molar-refractivity contribution >= 4 is 5.91 Å². The Hall–Kier alpha value is -3.67.